The third kappa shape index (κ3) is 2.99. The monoisotopic (exact) mass is 271 g/mol. The molecule has 1 N–H and O–H groups in total. The first kappa shape index (κ1) is 13.1. The number of ether oxygens (including phenoxy) is 1. The van der Waals surface area contributed by atoms with Gasteiger partial charge >= 0.3 is 0 Å². The van der Waals surface area contributed by atoms with Crippen LogP contribution in [-0.2, 0) is 0 Å². The van der Waals surface area contributed by atoms with Gasteiger partial charge in [0, 0.05) is 13.2 Å². The maximum absolute atomic E-state index is 10.3. The summed E-state index contributed by atoms with van der Waals surface area (Å²) in [4.78, 5) is 4.32. The number of hydrogen-bond acceptors (Lipinski definition) is 3. The summed E-state index contributed by atoms with van der Waals surface area (Å²) in [6.45, 7) is 0.385. The molecule has 0 atom stereocenters. The second-order valence-corrected chi connectivity index (χ2v) is 5.46. The van der Waals surface area contributed by atoms with Crippen LogP contribution < -0.4 is 4.74 Å². The molecule has 20 heavy (non-hydrogen) atoms. The summed E-state index contributed by atoms with van der Waals surface area (Å²) in [7, 11) is 0. The first-order valence-electron chi connectivity index (χ1n) is 7.12. The first-order valence-corrected chi connectivity index (χ1v) is 7.12. The second kappa shape index (κ2) is 5.63. The first-order chi connectivity index (χ1) is 9.75. The molecule has 1 aliphatic rings. The molecule has 0 bridgehead atoms. The number of aliphatic hydroxyl groups is 1. The van der Waals surface area contributed by atoms with Crippen LogP contribution in [0.15, 0.2) is 48.7 Å². The fraction of sp³-hybridized carbons (Fsp3) is 0.353. The van der Waals surface area contributed by atoms with E-state index in [4.69, 9.17) is 4.74 Å². The highest BCUT2D eigenvalue weighted by Gasteiger charge is 2.31. The minimum absolute atomic E-state index is 0. The summed E-state index contributed by atoms with van der Waals surface area (Å²) in [6, 6.07) is 13.7. The van der Waals surface area contributed by atoms with Crippen molar-refractivity contribution in [3.8, 4) is 17.0 Å². The van der Waals surface area contributed by atoms with Gasteiger partial charge in [-0.25, -0.2) is 0 Å². The lowest BCUT2D eigenvalue weighted by atomic mass is 10.0. The van der Waals surface area contributed by atoms with Gasteiger partial charge in [-0.2, -0.15) is 0 Å². The Balaban J connectivity index is 0.00000161. The average molecular weight is 271 g/mol. The summed E-state index contributed by atoms with van der Waals surface area (Å²) in [5.74, 6) is 0.796. The molecular formula is C17H21NO2. The highest BCUT2D eigenvalue weighted by molar-refractivity contribution is 5.59. The molecule has 0 saturated heterocycles. The van der Waals surface area contributed by atoms with Crippen molar-refractivity contribution in [2.24, 2.45) is 0 Å². The maximum Gasteiger partial charge on any atom is 0.119 e. The van der Waals surface area contributed by atoms with Crippen molar-refractivity contribution in [3.05, 3.63) is 48.7 Å². The summed E-state index contributed by atoms with van der Waals surface area (Å²) >= 11 is 0. The number of rotatable bonds is 4. The highest BCUT2D eigenvalue weighted by atomic mass is 16.5. The standard InChI is InChI=1S/C17H19NO2.H2/c19-17(10-2-3-11-17)13-20-15-8-6-14(7-9-15)16-5-1-4-12-18-16;/h1,4-9,12,19H,2-3,10-11,13H2;1H. The van der Waals surface area contributed by atoms with Crippen LogP contribution in [-0.4, -0.2) is 22.3 Å². The van der Waals surface area contributed by atoms with E-state index in [2.05, 4.69) is 4.98 Å². The zero-order valence-electron chi connectivity index (χ0n) is 11.5. The molecule has 3 nitrogen and oxygen atoms in total. The zero-order chi connectivity index (χ0) is 13.8. The van der Waals surface area contributed by atoms with Crippen LogP contribution in [0.5, 0.6) is 5.75 Å². The molecule has 0 radical (unpaired) electrons. The molecule has 1 aliphatic carbocycles. The molecular weight excluding hydrogens is 250 g/mol. The molecule has 0 spiro atoms. The summed E-state index contributed by atoms with van der Waals surface area (Å²) in [5, 5.41) is 10.3. The van der Waals surface area contributed by atoms with Crippen LogP contribution in [0.4, 0.5) is 0 Å². The summed E-state index contributed by atoms with van der Waals surface area (Å²) < 4.78 is 5.71. The van der Waals surface area contributed by atoms with Crippen molar-refractivity contribution in [3.63, 3.8) is 0 Å². The van der Waals surface area contributed by atoms with Crippen LogP contribution in [0.1, 0.15) is 27.1 Å². The predicted molar refractivity (Wildman–Crippen MR) is 80.7 cm³/mol. The second-order valence-electron chi connectivity index (χ2n) is 5.46. The Kier molecular flexibility index (Phi) is 3.70. The number of pyridine rings is 1. The average Bonchev–Trinajstić information content (AvgIpc) is 2.94. The van der Waals surface area contributed by atoms with Gasteiger partial charge in [-0.05, 0) is 49.2 Å². The fourth-order valence-corrected chi connectivity index (χ4v) is 2.65. The molecule has 1 fully saturated rings. The number of nitrogens with zero attached hydrogens (tertiary/aromatic N) is 1. The van der Waals surface area contributed by atoms with E-state index >= 15 is 0 Å². The normalized spacial score (nSPS) is 17.1. The molecule has 1 heterocycles. The Morgan fingerprint density at radius 1 is 1.10 bits per heavy atom. The lowest BCUT2D eigenvalue weighted by Gasteiger charge is -2.22. The van der Waals surface area contributed by atoms with Crippen molar-refractivity contribution in [2.75, 3.05) is 6.61 Å². The van der Waals surface area contributed by atoms with Gasteiger partial charge in [0.15, 0.2) is 0 Å². The minimum Gasteiger partial charge on any atom is -0.491 e. The molecule has 1 aromatic heterocycles. The third-order valence-corrected chi connectivity index (χ3v) is 3.86. The largest absolute Gasteiger partial charge is 0.491 e. The van der Waals surface area contributed by atoms with Crippen molar-refractivity contribution in [1.29, 1.82) is 0 Å². The van der Waals surface area contributed by atoms with Gasteiger partial charge < -0.3 is 9.84 Å². The SMILES string of the molecule is OC1(COc2ccc(-c3ccccn3)cc2)CCCC1.[HH]. The van der Waals surface area contributed by atoms with Crippen LogP contribution in [0.2, 0.25) is 0 Å². The summed E-state index contributed by atoms with van der Waals surface area (Å²) in [5.41, 5.74) is 1.39. The van der Waals surface area contributed by atoms with E-state index in [1.165, 1.54) is 0 Å². The molecule has 3 rings (SSSR count). The Bertz CT molecular complexity index is 551. The van der Waals surface area contributed by atoms with Crippen LogP contribution in [0.25, 0.3) is 11.3 Å². The quantitative estimate of drug-likeness (QED) is 0.922. The van der Waals surface area contributed by atoms with E-state index in [1.807, 2.05) is 42.5 Å². The van der Waals surface area contributed by atoms with Crippen LogP contribution >= 0.6 is 0 Å². The Morgan fingerprint density at radius 2 is 1.85 bits per heavy atom. The highest BCUT2D eigenvalue weighted by Crippen LogP contribution is 2.30. The molecule has 106 valence electrons. The fourth-order valence-electron chi connectivity index (χ4n) is 2.65. The van der Waals surface area contributed by atoms with Gasteiger partial charge in [0.25, 0.3) is 0 Å². The smallest absolute Gasteiger partial charge is 0.119 e. The molecule has 0 aliphatic heterocycles. The van der Waals surface area contributed by atoms with E-state index in [-0.39, 0.29) is 1.43 Å². The maximum atomic E-state index is 10.3. The van der Waals surface area contributed by atoms with Gasteiger partial charge in [0.05, 0.1) is 11.3 Å². The third-order valence-electron chi connectivity index (χ3n) is 3.86. The minimum atomic E-state index is -0.625. The Hall–Kier alpha value is -1.87. The predicted octanol–water partition coefficient (Wildman–Crippen LogP) is 3.68. The Morgan fingerprint density at radius 3 is 2.50 bits per heavy atom. The molecule has 1 saturated carbocycles. The topological polar surface area (TPSA) is 42.4 Å². The Labute approximate surface area is 120 Å². The molecule has 0 amide bonds. The van der Waals surface area contributed by atoms with Gasteiger partial charge in [-0.1, -0.05) is 18.9 Å². The molecule has 1 aromatic carbocycles. The number of benzene rings is 1. The summed E-state index contributed by atoms with van der Waals surface area (Å²) in [6.07, 6.45) is 5.67. The number of hydrogen-bond donors (Lipinski definition) is 1. The van der Waals surface area contributed by atoms with Crippen molar-refractivity contribution >= 4 is 0 Å². The van der Waals surface area contributed by atoms with Crippen molar-refractivity contribution in [1.82, 2.24) is 4.98 Å². The van der Waals surface area contributed by atoms with Crippen molar-refractivity contribution < 1.29 is 11.3 Å². The lowest BCUT2D eigenvalue weighted by molar-refractivity contribution is 0.00141. The van der Waals surface area contributed by atoms with Crippen molar-refractivity contribution in [2.45, 2.75) is 31.3 Å². The molecule has 0 unspecified atom stereocenters. The number of aromatic nitrogens is 1. The molecule has 3 heteroatoms. The van der Waals surface area contributed by atoms with E-state index in [9.17, 15) is 5.11 Å². The lowest BCUT2D eigenvalue weighted by Crippen LogP contribution is -2.32. The van der Waals surface area contributed by atoms with Gasteiger partial charge in [0.2, 0.25) is 0 Å². The zero-order valence-corrected chi connectivity index (χ0v) is 11.5. The van der Waals surface area contributed by atoms with Gasteiger partial charge in [0.1, 0.15) is 12.4 Å². The van der Waals surface area contributed by atoms with E-state index in [0.717, 1.165) is 42.7 Å². The van der Waals surface area contributed by atoms with E-state index in [0.29, 0.717) is 6.61 Å². The molecule has 2 aromatic rings. The van der Waals surface area contributed by atoms with Crippen LogP contribution in [0.3, 0.4) is 0 Å². The van der Waals surface area contributed by atoms with Crippen LogP contribution in [0, 0.1) is 0 Å². The van der Waals surface area contributed by atoms with Gasteiger partial charge in [-0.15, -0.1) is 0 Å². The van der Waals surface area contributed by atoms with Gasteiger partial charge in [-0.3, -0.25) is 4.98 Å². The van der Waals surface area contributed by atoms with E-state index < -0.39 is 5.60 Å². The van der Waals surface area contributed by atoms with E-state index in [1.54, 1.807) is 6.20 Å².